The maximum absolute atomic E-state index is 11.4. The number of rotatable bonds is 2. The molecule has 0 bridgehead atoms. The second-order valence-corrected chi connectivity index (χ2v) is 3.86. The lowest BCUT2D eigenvalue weighted by Crippen LogP contribution is -2.48. The van der Waals surface area contributed by atoms with Crippen molar-refractivity contribution in [2.24, 2.45) is 0 Å². The van der Waals surface area contributed by atoms with E-state index < -0.39 is 6.04 Å². The highest BCUT2D eigenvalue weighted by atomic mass is 16.6. The lowest BCUT2D eigenvalue weighted by Gasteiger charge is -2.35. The Balaban J connectivity index is 2.21. The highest BCUT2D eigenvalue weighted by molar-refractivity contribution is 5.76. The minimum absolute atomic E-state index is 0.204. The van der Waals surface area contributed by atoms with Crippen LogP contribution in [0.3, 0.4) is 0 Å². The monoisotopic (exact) mass is 221 g/mol. The Hall–Kier alpha value is -1.39. The maximum atomic E-state index is 11.4. The Bertz CT molecular complexity index is 366. The fraction of sp³-hybridized carbons (Fsp3) is 0.417. The summed E-state index contributed by atoms with van der Waals surface area (Å²) < 4.78 is 5.08. The molecule has 1 aromatic carbocycles. The Morgan fingerprint density at radius 3 is 2.75 bits per heavy atom. The third-order valence-corrected chi connectivity index (χ3v) is 2.87. The van der Waals surface area contributed by atoms with Crippen LogP contribution in [0.15, 0.2) is 30.3 Å². The van der Waals surface area contributed by atoms with Gasteiger partial charge in [0.15, 0.2) is 0 Å². The summed E-state index contributed by atoms with van der Waals surface area (Å²) >= 11 is 0. The van der Waals surface area contributed by atoms with Crippen molar-refractivity contribution < 1.29 is 14.7 Å². The van der Waals surface area contributed by atoms with Crippen LogP contribution in [0.2, 0.25) is 0 Å². The third-order valence-electron chi connectivity index (χ3n) is 2.87. The van der Waals surface area contributed by atoms with Gasteiger partial charge in [-0.05, 0) is 12.0 Å². The molecule has 0 unspecified atom stereocenters. The Labute approximate surface area is 94.4 Å². The third kappa shape index (κ3) is 1.94. The van der Waals surface area contributed by atoms with Gasteiger partial charge in [0, 0.05) is 0 Å². The molecule has 0 amide bonds. The summed E-state index contributed by atoms with van der Waals surface area (Å²) in [5.74, 6) is -0.350. The van der Waals surface area contributed by atoms with E-state index in [4.69, 9.17) is 4.74 Å². The second kappa shape index (κ2) is 4.63. The molecule has 1 aliphatic rings. The van der Waals surface area contributed by atoms with Gasteiger partial charge in [-0.15, -0.1) is 0 Å². The highest BCUT2D eigenvalue weighted by Crippen LogP contribution is 2.26. The SMILES string of the molecule is CC[C@@H]1C(=O)OC[C@@H](c2ccccc2)N1O. The number of carbonyl (C=O) groups excluding carboxylic acids is 1. The molecule has 1 saturated heterocycles. The molecule has 0 saturated carbocycles. The van der Waals surface area contributed by atoms with Crippen LogP contribution in [0.5, 0.6) is 0 Å². The van der Waals surface area contributed by atoms with Crippen LogP contribution in [0.4, 0.5) is 0 Å². The number of benzene rings is 1. The summed E-state index contributed by atoms with van der Waals surface area (Å²) in [4.78, 5) is 11.4. The molecule has 4 heteroatoms. The van der Waals surface area contributed by atoms with Crippen molar-refractivity contribution in [2.45, 2.75) is 25.4 Å². The number of nitrogens with zero attached hydrogens (tertiary/aromatic N) is 1. The van der Waals surface area contributed by atoms with Crippen LogP contribution in [0.25, 0.3) is 0 Å². The normalized spacial score (nSPS) is 26.5. The molecule has 0 radical (unpaired) electrons. The van der Waals surface area contributed by atoms with Crippen molar-refractivity contribution >= 4 is 5.97 Å². The summed E-state index contributed by atoms with van der Waals surface area (Å²) in [6.45, 7) is 2.05. The fourth-order valence-electron chi connectivity index (χ4n) is 1.94. The molecule has 1 N–H and O–H groups in total. The van der Waals surface area contributed by atoms with Gasteiger partial charge in [-0.2, -0.15) is 5.06 Å². The van der Waals surface area contributed by atoms with Gasteiger partial charge in [0.1, 0.15) is 12.6 Å². The van der Waals surface area contributed by atoms with Gasteiger partial charge in [-0.1, -0.05) is 37.3 Å². The zero-order valence-electron chi connectivity index (χ0n) is 9.17. The van der Waals surface area contributed by atoms with Crippen LogP contribution >= 0.6 is 0 Å². The van der Waals surface area contributed by atoms with Crippen molar-refractivity contribution in [2.75, 3.05) is 6.61 Å². The molecule has 86 valence electrons. The summed E-state index contributed by atoms with van der Waals surface area (Å²) in [5, 5.41) is 11.1. The summed E-state index contributed by atoms with van der Waals surface area (Å²) in [6.07, 6.45) is 0.540. The number of morpholine rings is 1. The van der Waals surface area contributed by atoms with E-state index in [1.807, 2.05) is 37.3 Å². The molecule has 16 heavy (non-hydrogen) atoms. The predicted molar refractivity (Wildman–Crippen MR) is 57.8 cm³/mol. The summed E-state index contributed by atoms with van der Waals surface area (Å²) in [5.41, 5.74) is 0.955. The number of esters is 1. The van der Waals surface area contributed by atoms with Crippen LogP contribution in [0, 0.1) is 0 Å². The maximum Gasteiger partial charge on any atom is 0.325 e. The molecule has 1 fully saturated rings. The molecule has 1 heterocycles. The average molecular weight is 221 g/mol. The standard InChI is InChI=1S/C12H15NO3/c1-2-10-12(14)16-8-11(13(10)15)9-6-4-3-5-7-9/h3-7,10-11,15H,2,8H2,1H3/t10-,11+/m1/s1. The molecule has 0 spiro atoms. The number of cyclic esters (lactones) is 1. The minimum Gasteiger partial charge on any atom is -0.462 e. The lowest BCUT2D eigenvalue weighted by atomic mass is 10.0. The summed E-state index contributed by atoms with van der Waals surface area (Å²) in [6, 6.07) is 8.74. The van der Waals surface area contributed by atoms with E-state index in [9.17, 15) is 10.0 Å². The zero-order chi connectivity index (χ0) is 11.5. The van der Waals surface area contributed by atoms with E-state index >= 15 is 0 Å². The zero-order valence-corrected chi connectivity index (χ0v) is 9.17. The number of hydroxylamine groups is 2. The van der Waals surface area contributed by atoms with Gasteiger partial charge in [0.25, 0.3) is 0 Å². The van der Waals surface area contributed by atoms with E-state index in [0.717, 1.165) is 10.6 Å². The van der Waals surface area contributed by atoms with Gasteiger partial charge >= 0.3 is 5.97 Å². The number of hydrogen-bond donors (Lipinski definition) is 1. The molecule has 1 aliphatic heterocycles. The Morgan fingerprint density at radius 1 is 1.44 bits per heavy atom. The van der Waals surface area contributed by atoms with Crippen molar-refractivity contribution in [3.63, 3.8) is 0 Å². The molecule has 2 rings (SSSR count). The van der Waals surface area contributed by atoms with Crippen LogP contribution in [0.1, 0.15) is 24.9 Å². The first-order chi connectivity index (χ1) is 7.74. The Kier molecular flexibility index (Phi) is 3.22. The largest absolute Gasteiger partial charge is 0.462 e. The molecule has 4 nitrogen and oxygen atoms in total. The van der Waals surface area contributed by atoms with E-state index in [1.165, 1.54) is 0 Å². The topological polar surface area (TPSA) is 49.8 Å². The molecular weight excluding hydrogens is 206 g/mol. The van der Waals surface area contributed by atoms with Gasteiger partial charge < -0.3 is 9.94 Å². The first-order valence-electron chi connectivity index (χ1n) is 5.42. The van der Waals surface area contributed by atoms with Crippen molar-refractivity contribution in [3.8, 4) is 0 Å². The molecule has 2 atom stereocenters. The summed E-state index contributed by atoms with van der Waals surface area (Å²) in [7, 11) is 0. The predicted octanol–water partition coefficient (Wildman–Crippen LogP) is 1.75. The number of hydrogen-bond acceptors (Lipinski definition) is 4. The molecule has 0 aromatic heterocycles. The van der Waals surface area contributed by atoms with Crippen molar-refractivity contribution in [1.82, 2.24) is 5.06 Å². The van der Waals surface area contributed by atoms with Crippen LogP contribution in [-0.4, -0.2) is 28.9 Å². The van der Waals surface area contributed by atoms with E-state index in [1.54, 1.807) is 0 Å². The van der Waals surface area contributed by atoms with Gasteiger partial charge in [0.05, 0.1) is 6.04 Å². The molecule has 0 aliphatic carbocycles. The van der Waals surface area contributed by atoms with E-state index in [0.29, 0.717) is 6.42 Å². The first-order valence-corrected chi connectivity index (χ1v) is 5.42. The fourth-order valence-corrected chi connectivity index (χ4v) is 1.94. The second-order valence-electron chi connectivity index (χ2n) is 3.86. The van der Waals surface area contributed by atoms with E-state index in [2.05, 4.69) is 0 Å². The number of carbonyl (C=O) groups is 1. The molecular formula is C12H15NO3. The van der Waals surface area contributed by atoms with Gasteiger partial charge in [-0.25, -0.2) is 0 Å². The van der Waals surface area contributed by atoms with Gasteiger partial charge in [0.2, 0.25) is 0 Å². The number of ether oxygens (including phenoxy) is 1. The van der Waals surface area contributed by atoms with E-state index in [-0.39, 0.29) is 18.6 Å². The van der Waals surface area contributed by atoms with Crippen molar-refractivity contribution in [3.05, 3.63) is 35.9 Å². The van der Waals surface area contributed by atoms with Gasteiger partial charge in [-0.3, -0.25) is 4.79 Å². The lowest BCUT2D eigenvalue weighted by molar-refractivity contribution is -0.219. The highest BCUT2D eigenvalue weighted by Gasteiger charge is 2.36. The Morgan fingerprint density at radius 2 is 2.12 bits per heavy atom. The first kappa shape index (κ1) is 11.1. The molecule has 1 aromatic rings. The smallest absolute Gasteiger partial charge is 0.325 e. The average Bonchev–Trinajstić information content (AvgIpc) is 2.31. The minimum atomic E-state index is -0.557. The van der Waals surface area contributed by atoms with Crippen LogP contribution < -0.4 is 0 Å². The van der Waals surface area contributed by atoms with Crippen molar-refractivity contribution in [1.29, 1.82) is 0 Å². The van der Waals surface area contributed by atoms with Crippen LogP contribution in [-0.2, 0) is 9.53 Å². The quantitative estimate of drug-likeness (QED) is 0.773.